The highest BCUT2D eigenvalue weighted by atomic mass is 16.5. The number of hydrogen-bond donors (Lipinski definition) is 2. The van der Waals surface area contributed by atoms with E-state index >= 15 is 0 Å². The van der Waals surface area contributed by atoms with Gasteiger partial charge in [-0.1, -0.05) is 0 Å². The van der Waals surface area contributed by atoms with Gasteiger partial charge in [-0.2, -0.15) is 0 Å². The molecule has 0 bridgehead atoms. The first kappa shape index (κ1) is 12.7. The molecule has 1 heterocycles. The van der Waals surface area contributed by atoms with Crippen molar-refractivity contribution in [2.24, 2.45) is 0 Å². The second kappa shape index (κ2) is 5.73. The third-order valence-electron chi connectivity index (χ3n) is 3.03. The van der Waals surface area contributed by atoms with Crippen molar-refractivity contribution in [2.45, 2.75) is 18.9 Å². The van der Waals surface area contributed by atoms with Crippen molar-refractivity contribution in [1.82, 2.24) is 4.90 Å². The monoisotopic (exact) mass is 250 g/mol. The zero-order chi connectivity index (χ0) is 13.0. The number of benzene rings is 1. The topological polar surface area (TPSA) is 61.8 Å². The number of carbonyl (C=O) groups is 1. The number of β-amino-alcohol motifs (C(OH)–C–C–N with tert-alkyl or cyclic N) is 1. The standard InChI is InChI=1S/C13H18N2O3/c1-18-12-6-4-10(5-7-12)14-13(17)15-8-2-3-11(16)9-15/h4-7,11,16H,2-3,8-9H2,1H3,(H,14,17)/t11-/m1/s1. The Morgan fingerprint density at radius 2 is 2.17 bits per heavy atom. The number of methoxy groups -OCH3 is 1. The number of aliphatic hydroxyl groups excluding tert-OH is 1. The third-order valence-corrected chi connectivity index (χ3v) is 3.03. The lowest BCUT2D eigenvalue weighted by molar-refractivity contribution is 0.0883. The summed E-state index contributed by atoms with van der Waals surface area (Å²) < 4.78 is 5.05. The van der Waals surface area contributed by atoms with Crippen LogP contribution in [-0.4, -0.2) is 42.3 Å². The fourth-order valence-electron chi connectivity index (χ4n) is 2.02. The number of ether oxygens (including phenoxy) is 1. The number of likely N-dealkylation sites (tertiary alicyclic amines) is 1. The Balaban J connectivity index is 1.93. The van der Waals surface area contributed by atoms with Crippen LogP contribution in [-0.2, 0) is 0 Å². The summed E-state index contributed by atoms with van der Waals surface area (Å²) in [5, 5.41) is 12.3. The molecule has 2 rings (SSSR count). The maximum absolute atomic E-state index is 11.9. The van der Waals surface area contributed by atoms with Crippen LogP contribution in [0, 0.1) is 0 Å². The van der Waals surface area contributed by atoms with Gasteiger partial charge in [0.1, 0.15) is 5.75 Å². The molecule has 18 heavy (non-hydrogen) atoms. The summed E-state index contributed by atoms with van der Waals surface area (Å²) in [6.07, 6.45) is 1.21. The van der Waals surface area contributed by atoms with Gasteiger partial charge in [-0.25, -0.2) is 4.79 Å². The van der Waals surface area contributed by atoms with Crippen molar-refractivity contribution >= 4 is 11.7 Å². The summed E-state index contributed by atoms with van der Waals surface area (Å²) in [5.41, 5.74) is 0.723. The van der Waals surface area contributed by atoms with Gasteiger partial charge in [0.05, 0.1) is 13.2 Å². The van der Waals surface area contributed by atoms with Gasteiger partial charge in [-0.15, -0.1) is 0 Å². The molecule has 1 aliphatic rings. The molecule has 1 atom stereocenters. The fourth-order valence-corrected chi connectivity index (χ4v) is 2.02. The molecular formula is C13H18N2O3. The molecular weight excluding hydrogens is 232 g/mol. The fraction of sp³-hybridized carbons (Fsp3) is 0.462. The van der Waals surface area contributed by atoms with Crippen LogP contribution >= 0.6 is 0 Å². The number of urea groups is 1. The van der Waals surface area contributed by atoms with E-state index in [0.717, 1.165) is 24.3 Å². The summed E-state index contributed by atoms with van der Waals surface area (Å²) in [4.78, 5) is 13.6. The summed E-state index contributed by atoms with van der Waals surface area (Å²) in [7, 11) is 1.60. The van der Waals surface area contributed by atoms with E-state index in [1.807, 2.05) is 0 Å². The largest absolute Gasteiger partial charge is 0.497 e. The third kappa shape index (κ3) is 3.13. The highest BCUT2D eigenvalue weighted by molar-refractivity contribution is 5.89. The van der Waals surface area contributed by atoms with Crippen LogP contribution in [0.25, 0.3) is 0 Å². The second-order valence-electron chi connectivity index (χ2n) is 4.40. The highest BCUT2D eigenvalue weighted by Gasteiger charge is 2.21. The van der Waals surface area contributed by atoms with Gasteiger partial charge in [0.25, 0.3) is 0 Å². The van der Waals surface area contributed by atoms with E-state index in [9.17, 15) is 9.90 Å². The van der Waals surface area contributed by atoms with Crippen LogP contribution in [0.15, 0.2) is 24.3 Å². The molecule has 0 aromatic heterocycles. The minimum atomic E-state index is -0.402. The lowest BCUT2D eigenvalue weighted by Crippen LogP contribution is -2.44. The second-order valence-corrected chi connectivity index (χ2v) is 4.40. The number of carbonyl (C=O) groups excluding carboxylic acids is 1. The van der Waals surface area contributed by atoms with Gasteiger partial charge in [0.2, 0.25) is 0 Å². The molecule has 1 fully saturated rings. The Hall–Kier alpha value is -1.75. The normalized spacial score (nSPS) is 19.4. The van der Waals surface area contributed by atoms with Crippen LogP contribution in [0.4, 0.5) is 10.5 Å². The maximum atomic E-state index is 11.9. The van der Waals surface area contributed by atoms with Crippen LogP contribution < -0.4 is 10.1 Å². The summed E-state index contributed by atoms with van der Waals surface area (Å²) in [6.45, 7) is 1.10. The molecule has 5 nitrogen and oxygen atoms in total. The molecule has 1 aromatic carbocycles. The molecule has 1 aromatic rings. The number of anilines is 1. The van der Waals surface area contributed by atoms with Crippen molar-refractivity contribution in [3.05, 3.63) is 24.3 Å². The van der Waals surface area contributed by atoms with Crippen LogP contribution in [0.2, 0.25) is 0 Å². The van der Waals surface area contributed by atoms with E-state index in [1.165, 1.54) is 0 Å². The Morgan fingerprint density at radius 1 is 1.44 bits per heavy atom. The Morgan fingerprint density at radius 3 is 2.78 bits per heavy atom. The number of rotatable bonds is 2. The van der Waals surface area contributed by atoms with Crippen molar-refractivity contribution in [2.75, 3.05) is 25.5 Å². The van der Waals surface area contributed by atoms with Crippen molar-refractivity contribution < 1.29 is 14.6 Å². The number of nitrogens with one attached hydrogen (secondary N) is 1. The van der Waals surface area contributed by atoms with Crippen molar-refractivity contribution in [3.63, 3.8) is 0 Å². The minimum absolute atomic E-state index is 0.168. The summed E-state index contributed by atoms with van der Waals surface area (Å²) >= 11 is 0. The van der Waals surface area contributed by atoms with Crippen LogP contribution in [0.3, 0.4) is 0 Å². The Labute approximate surface area is 106 Å². The molecule has 98 valence electrons. The molecule has 2 N–H and O–H groups in total. The van der Waals surface area contributed by atoms with E-state index in [0.29, 0.717) is 13.1 Å². The molecule has 0 radical (unpaired) electrons. The van der Waals surface area contributed by atoms with Crippen LogP contribution in [0.1, 0.15) is 12.8 Å². The molecule has 0 saturated carbocycles. The Kier molecular flexibility index (Phi) is 4.04. The molecule has 1 aliphatic heterocycles. The van der Waals surface area contributed by atoms with Gasteiger partial charge in [0, 0.05) is 18.8 Å². The van der Waals surface area contributed by atoms with E-state index in [-0.39, 0.29) is 6.03 Å². The number of nitrogens with zero attached hydrogens (tertiary/aromatic N) is 1. The van der Waals surface area contributed by atoms with Gasteiger partial charge >= 0.3 is 6.03 Å². The zero-order valence-electron chi connectivity index (χ0n) is 10.4. The predicted molar refractivity (Wildman–Crippen MR) is 68.8 cm³/mol. The predicted octanol–water partition coefficient (Wildman–Crippen LogP) is 1.68. The smallest absolute Gasteiger partial charge is 0.321 e. The molecule has 0 spiro atoms. The molecule has 1 saturated heterocycles. The number of aliphatic hydroxyl groups is 1. The van der Waals surface area contributed by atoms with Gasteiger partial charge in [0.15, 0.2) is 0 Å². The van der Waals surface area contributed by atoms with Crippen molar-refractivity contribution in [3.8, 4) is 5.75 Å². The highest BCUT2D eigenvalue weighted by Crippen LogP contribution is 2.16. The lowest BCUT2D eigenvalue weighted by atomic mass is 10.1. The number of piperidine rings is 1. The summed E-state index contributed by atoms with van der Waals surface area (Å²) in [6, 6.07) is 6.99. The average molecular weight is 250 g/mol. The maximum Gasteiger partial charge on any atom is 0.321 e. The molecule has 0 aliphatic carbocycles. The van der Waals surface area contributed by atoms with E-state index in [1.54, 1.807) is 36.3 Å². The van der Waals surface area contributed by atoms with E-state index < -0.39 is 6.10 Å². The SMILES string of the molecule is COc1ccc(NC(=O)N2CCC[C@@H](O)C2)cc1. The summed E-state index contributed by atoms with van der Waals surface area (Å²) in [5.74, 6) is 0.751. The number of amides is 2. The Bertz CT molecular complexity index is 405. The first-order valence-corrected chi connectivity index (χ1v) is 6.07. The first-order chi connectivity index (χ1) is 8.69. The number of hydrogen-bond acceptors (Lipinski definition) is 3. The average Bonchev–Trinajstić information content (AvgIpc) is 2.39. The van der Waals surface area contributed by atoms with Gasteiger partial charge in [-0.3, -0.25) is 0 Å². The van der Waals surface area contributed by atoms with Crippen molar-refractivity contribution in [1.29, 1.82) is 0 Å². The minimum Gasteiger partial charge on any atom is -0.497 e. The lowest BCUT2D eigenvalue weighted by Gasteiger charge is -2.30. The van der Waals surface area contributed by atoms with Gasteiger partial charge in [-0.05, 0) is 37.1 Å². The van der Waals surface area contributed by atoms with Crippen LogP contribution in [0.5, 0.6) is 5.75 Å². The van der Waals surface area contributed by atoms with Gasteiger partial charge < -0.3 is 20.1 Å². The van der Waals surface area contributed by atoms with E-state index in [4.69, 9.17) is 4.74 Å². The quantitative estimate of drug-likeness (QED) is 0.839. The zero-order valence-corrected chi connectivity index (χ0v) is 10.4. The molecule has 0 unspecified atom stereocenters. The van der Waals surface area contributed by atoms with E-state index in [2.05, 4.69) is 5.32 Å². The molecule has 2 amide bonds. The first-order valence-electron chi connectivity index (χ1n) is 6.07. The molecule has 5 heteroatoms.